The van der Waals surface area contributed by atoms with E-state index >= 15 is 0 Å². The minimum Gasteiger partial charge on any atom is -0.359 e. The third-order valence-corrected chi connectivity index (χ3v) is 3.39. The molecule has 0 fully saturated rings. The summed E-state index contributed by atoms with van der Waals surface area (Å²) in [5.41, 5.74) is 1.06. The normalized spacial score (nSPS) is 12.9. The van der Waals surface area contributed by atoms with E-state index in [0.717, 1.165) is 17.1 Å². The average Bonchev–Trinajstić information content (AvgIpc) is 2.59. The van der Waals surface area contributed by atoms with E-state index in [1.165, 1.54) is 4.70 Å². The van der Waals surface area contributed by atoms with Crippen LogP contribution in [0.2, 0.25) is 0 Å². The molecule has 2 rings (SSSR count). The minimum atomic E-state index is 0.378. The Hall–Kier alpha value is -0.800. The maximum atomic E-state index is 5.68. The number of benzene rings is 1. The molecule has 4 heteroatoms. The zero-order valence-corrected chi connectivity index (χ0v) is 10.1. The quantitative estimate of drug-likeness (QED) is 0.824. The van der Waals surface area contributed by atoms with E-state index in [-0.39, 0.29) is 0 Å². The number of halogens is 1. The van der Waals surface area contributed by atoms with Gasteiger partial charge in [0.2, 0.25) is 0 Å². The summed E-state index contributed by atoms with van der Waals surface area (Å²) in [5.74, 6) is 0.680. The van der Waals surface area contributed by atoms with Crippen LogP contribution in [0.25, 0.3) is 10.2 Å². The summed E-state index contributed by atoms with van der Waals surface area (Å²) in [5, 5.41) is 4.34. The Morgan fingerprint density at radius 2 is 2.27 bits per heavy atom. The van der Waals surface area contributed by atoms with Gasteiger partial charge in [0.15, 0.2) is 5.13 Å². The Kier molecular flexibility index (Phi) is 3.44. The highest BCUT2D eigenvalue weighted by Gasteiger charge is 2.05. The van der Waals surface area contributed by atoms with E-state index in [0.29, 0.717) is 11.9 Å². The number of alkyl halides is 1. The summed E-state index contributed by atoms with van der Waals surface area (Å²) in [7, 11) is 0. The largest absolute Gasteiger partial charge is 0.359 e. The lowest BCUT2D eigenvalue weighted by atomic mass is 10.3. The molecule has 0 aliphatic carbocycles. The fourth-order valence-electron chi connectivity index (χ4n) is 1.38. The highest BCUT2D eigenvalue weighted by Crippen LogP contribution is 2.25. The molecular weight excluding hydrogens is 228 g/mol. The van der Waals surface area contributed by atoms with Crippen LogP contribution in [0.4, 0.5) is 5.13 Å². The first-order valence-electron chi connectivity index (χ1n) is 4.97. The Morgan fingerprint density at radius 1 is 1.47 bits per heavy atom. The molecule has 0 amide bonds. The molecule has 0 saturated carbocycles. The molecule has 0 aliphatic rings. The van der Waals surface area contributed by atoms with Crippen molar-refractivity contribution in [2.45, 2.75) is 19.4 Å². The van der Waals surface area contributed by atoms with E-state index in [2.05, 4.69) is 23.3 Å². The second-order valence-electron chi connectivity index (χ2n) is 3.51. The second kappa shape index (κ2) is 4.81. The van der Waals surface area contributed by atoms with Crippen LogP contribution < -0.4 is 5.32 Å². The van der Waals surface area contributed by atoms with Crippen LogP contribution >= 0.6 is 22.9 Å². The zero-order valence-electron chi connectivity index (χ0n) is 8.53. The lowest BCUT2D eigenvalue weighted by Gasteiger charge is -2.09. The summed E-state index contributed by atoms with van der Waals surface area (Å²) >= 11 is 7.37. The SMILES string of the molecule is CC(CCCl)Nc1nc2ccccc2s1. The highest BCUT2D eigenvalue weighted by atomic mass is 35.5. The van der Waals surface area contributed by atoms with Gasteiger partial charge in [-0.25, -0.2) is 4.98 Å². The smallest absolute Gasteiger partial charge is 0.183 e. The number of nitrogens with one attached hydrogen (secondary N) is 1. The van der Waals surface area contributed by atoms with Crippen LogP contribution in [0.15, 0.2) is 24.3 Å². The van der Waals surface area contributed by atoms with Gasteiger partial charge in [-0.1, -0.05) is 23.5 Å². The lowest BCUT2D eigenvalue weighted by Crippen LogP contribution is -2.15. The van der Waals surface area contributed by atoms with Crippen molar-refractivity contribution in [3.05, 3.63) is 24.3 Å². The average molecular weight is 241 g/mol. The van der Waals surface area contributed by atoms with Crippen molar-refractivity contribution in [3.8, 4) is 0 Å². The lowest BCUT2D eigenvalue weighted by molar-refractivity contribution is 0.768. The summed E-state index contributed by atoms with van der Waals surface area (Å²) in [6.45, 7) is 2.12. The number of rotatable bonds is 4. The number of hydrogen-bond acceptors (Lipinski definition) is 3. The predicted molar refractivity (Wildman–Crippen MR) is 68.0 cm³/mol. The molecule has 1 aromatic heterocycles. The number of hydrogen-bond donors (Lipinski definition) is 1. The van der Waals surface area contributed by atoms with Gasteiger partial charge < -0.3 is 5.32 Å². The first kappa shape index (κ1) is 10.7. The molecule has 0 radical (unpaired) electrons. The van der Waals surface area contributed by atoms with Crippen molar-refractivity contribution in [1.29, 1.82) is 0 Å². The summed E-state index contributed by atoms with van der Waals surface area (Å²) in [6.07, 6.45) is 0.956. The molecule has 0 bridgehead atoms. The van der Waals surface area contributed by atoms with Crippen LogP contribution in [0, 0.1) is 0 Å². The number of aromatic nitrogens is 1. The molecule has 1 unspecified atom stereocenters. The van der Waals surface area contributed by atoms with Gasteiger partial charge in [0.25, 0.3) is 0 Å². The molecule has 80 valence electrons. The molecule has 0 spiro atoms. The molecule has 1 N–H and O–H groups in total. The number of fused-ring (bicyclic) bond motifs is 1. The standard InChI is InChI=1S/C11H13ClN2S/c1-8(6-7-12)13-11-14-9-4-2-3-5-10(9)15-11/h2-5,8H,6-7H2,1H3,(H,13,14). The van der Waals surface area contributed by atoms with Crippen molar-refractivity contribution < 1.29 is 0 Å². The van der Waals surface area contributed by atoms with Gasteiger partial charge in [0.05, 0.1) is 10.2 Å². The van der Waals surface area contributed by atoms with E-state index < -0.39 is 0 Å². The predicted octanol–water partition coefficient (Wildman–Crippen LogP) is 3.73. The van der Waals surface area contributed by atoms with E-state index in [1.54, 1.807) is 11.3 Å². The van der Waals surface area contributed by atoms with E-state index in [1.807, 2.05) is 18.2 Å². The van der Waals surface area contributed by atoms with Gasteiger partial charge in [-0.2, -0.15) is 0 Å². The number of thiazole rings is 1. The van der Waals surface area contributed by atoms with Crippen molar-refractivity contribution in [3.63, 3.8) is 0 Å². The Labute approximate surface area is 98.3 Å². The molecular formula is C11H13ClN2S. The van der Waals surface area contributed by atoms with Crippen molar-refractivity contribution in [2.75, 3.05) is 11.2 Å². The fourth-order valence-corrected chi connectivity index (χ4v) is 2.69. The summed E-state index contributed by atoms with van der Waals surface area (Å²) in [6, 6.07) is 8.54. The molecule has 2 aromatic rings. The van der Waals surface area contributed by atoms with Gasteiger partial charge >= 0.3 is 0 Å². The van der Waals surface area contributed by atoms with Gasteiger partial charge in [0, 0.05) is 11.9 Å². The van der Waals surface area contributed by atoms with Crippen LogP contribution in [-0.2, 0) is 0 Å². The van der Waals surface area contributed by atoms with Gasteiger partial charge in [-0.3, -0.25) is 0 Å². The Bertz CT molecular complexity index is 408. The molecule has 1 atom stereocenters. The van der Waals surface area contributed by atoms with Crippen LogP contribution in [-0.4, -0.2) is 16.9 Å². The summed E-state index contributed by atoms with van der Waals surface area (Å²) in [4.78, 5) is 4.50. The van der Waals surface area contributed by atoms with Gasteiger partial charge in [0.1, 0.15) is 0 Å². The Balaban J connectivity index is 2.15. The zero-order chi connectivity index (χ0) is 10.7. The second-order valence-corrected chi connectivity index (χ2v) is 4.92. The third-order valence-electron chi connectivity index (χ3n) is 2.21. The van der Waals surface area contributed by atoms with Crippen molar-refractivity contribution >= 4 is 38.3 Å². The topological polar surface area (TPSA) is 24.9 Å². The molecule has 1 aromatic carbocycles. The first-order valence-corrected chi connectivity index (χ1v) is 6.33. The fraction of sp³-hybridized carbons (Fsp3) is 0.364. The van der Waals surface area contributed by atoms with Crippen molar-refractivity contribution in [2.24, 2.45) is 0 Å². The molecule has 1 heterocycles. The third kappa shape index (κ3) is 2.61. The molecule has 15 heavy (non-hydrogen) atoms. The van der Waals surface area contributed by atoms with Crippen LogP contribution in [0.3, 0.4) is 0 Å². The summed E-state index contributed by atoms with van der Waals surface area (Å²) < 4.78 is 1.22. The van der Waals surface area contributed by atoms with E-state index in [4.69, 9.17) is 11.6 Å². The molecule has 0 saturated heterocycles. The van der Waals surface area contributed by atoms with Gasteiger partial charge in [-0.15, -0.1) is 11.6 Å². The van der Waals surface area contributed by atoms with Gasteiger partial charge in [-0.05, 0) is 25.5 Å². The number of nitrogens with zero attached hydrogens (tertiary/aromatic N) is 1. The maximum absolute atomic E-state index is 5.68. The van der Waals surface area contributed by atoms with Crippen molar-refractivity contribution in [1.82, 2.24) is 4.98 Å². The number of anilines is 1. The monoisotopic (exact) mass is 240 g/mol. The van der Waals surface area contributed by atoms with E-state index in [9.17, 15) is 0 Å². The Morgan fingerprint density at radius 3 is 3.00 bits per heavy atom. The van der Waals surface area contributed by atoms with Crippen LogP contribution in [0.5, 0.6) is 0 Å². The van der Waals surface area contributed by atoms with Crippen LogP contribution in [0.1, 0.15) is 13.3 Å². The molecule has 0 aliphatic heterocycles. The highest BCUT2D eigenvalue weighted by molar-refractivity contribution is 7.22. The molecule has 2 nitrogen and oxygen atoms in total. The minimum absolute atomic E-state index is 0.378. The maximum Gasteiger partial charge on any atom is 0.183 e. The first-order chi connectivity index (χ1) is 7.29. The number of para-hydroxylation sites is 1.